The molecular weight excluding hydrogens is 232 g/mol. The van der Waals surface area contributed by atoms with Gasteiger partial charge in [0, 0.05) is 18.7 Å². The third kappa shape index (κ3) is 2.76. The van der Waals surface area contributed by atoms with E-state index in [-0.39, 0.29) is 5.69 Å². The average Bonchev–Trinajstić information content (AvgIpc) is 2.72. The van der Waals surface area contributed by atoms with Gasteiger partial charge in [-0.15, -0.1) is 0 Å². The molecular formula is C12H18N4O2. The first-order valence-corrected chi connectivity index (χ1v) is 6.14. The third-order valence-corrected chi connectivity index (χ3v) is 3.44. The highest BCUT2D eigenvalue weighted by Gasteiger charge is 2.20. The first kappa shape index (κ1) is 12.8. The van der Waals surface area contributed by atoms with Crippen molar-refractivity contribution < 1.29 is 4.92 Å². The standard InChI is InChI=1S/C12H18N4O2/c1-9-11(16(17)18)5-6-12(14-9)13-8-10-4-3-7-15(10)2/h5-6,10H,3-4,7-8H2,1-2H3,(H,13,14). The fourth-order valence-corrected chi connectivity index (χ4v) is 2.30. The number of nitrogens with zero attached hydrogens (tertiary/aromatic N) is 3. The van der Waals surface area contributed by atoms with Crippen LogP contribution in [0.3, 0.4) is 0 Å². The molecule has 0 spiro atoms. The van der Waals surface area contributed by atoms with Gasteiger partial charge in [-0.1, -0.05) is 0 Å². The fraction of sp³-hybridized carbons (Fsp3) is 0.583. The maximum absolute atomic E-state index is 10.7. The summed E-state index contributed by atoms with van der Waals surface area (Å²) in [4.78, 5) is 16.8. The van der Waals surface area contributed by atoms with Gasteiger partial charge in [-0.3, -0.25) is 10.1 Å². The third-order valence-electron chi connectivity index (χ3n) is 3.44. The number of anilines is 1. The molecule has 0 amide bonds. The van der Waals surface area contributed by atoms with Gasteiger partial charge in [0.2, 0.25) is 0 Å². The lowest BCUT2D eigenvalue weighted by Gasteiger charge is -2.19. The van der Waals surface area contributed by atoms with Crippen molar-refractivity contribution in [2.24, 2.45) is 0 Å². The highest BCUT2D eigenvalue weighted by Crippen LogP contribution is 2.19. The molecule has 1 unspecified atom stereocenters. The number of pyridine rings is 1. The summed E-state index contributed by atoms with van der Waals surface area (Å²) in [5.74, 6) is 0.707. The predicted octanol–water partition coefficient (Wildman–Crippen LogP) is 1.80. The molecule has 1 aromatic heterocycles. The van der Waals surface area contributed by atoms with E-state index in [0.29, 0.717) is 17.6 Å². The van der Waals surface area contributed by atoms with Gasteiger partial charge in [0.15, 0.2) is 0 Å². The lowest BCUT2D eigenvalue weighted by atomic mass is 10.2. The molecule has 18 heavy (non-hydrogen) atoms. The Bertz CT molecular complexity index is 450. The number of likely N-dealkylation sites (tertiary alicyclic amines) is 1. The number of nitro groups is 1. The van der Waals surface area contributed by atoms with Gasteiger partial charge < -0.3 is 10.2 Å². The summed E-state index contributed by atoms with van der Waals surface area (Å²) in [5.41, 5.74) is 0.517. The molecule has 1 aliphatic heterocycles. The Kier molecular flexibility index (Phi) is 3.76. The van der Waals surface area contributed by atoms with Crippen molar-refractivity contribution in [2.75, 3.05) is 25.5 Å². The maximum atomic E-state index is 10.7. The lowest BCUT2D eigenvalue weighted by molar-refractivity contribution is -0.385. The van der Waals surface area contributed by atoms with Crippen molar-refractivity contribution >= 4 is 11.5 Å². The summed E-state index contributed by atoms with van der Waals surface area (Å²) < 4.78 is 0. The van der Waals surface area contributed by atoms with Gasteiger partial charge in [0.25, 0.3) is 5.69 Å². The van der Waals surface area contributed by atoms with Gasteiger partial charge in [-0.05, 0) is 39.4 Å². The second-order valence-corrected chi connectivity index (χ2v) is 4.72. The van der Waals surface area contributed by atoms with Gasteiger partial charge in [-0.2, -0.15) is 0 Å². The first-order valence-electron chi connectivity index (χ1n) is 6.14. The van der Waals surface area contributed by atoms with E-state index in [2.05, 4.69) is 22.2 Å². The van der Waals surface area contributed by atoms with Crippen LogP contribution in [0, 0.1) is 17.0 Å². The van der Waals surface area contributed by atoms with E-state index in [1.165, 1.54) is 18.9 Å². The molecule has 1 fully saturated rings. The van der Waals surface area contributed by atoms with Gasteiger partial charge >= 0.3 is 0 Å². The van der Waals surface area contributed by atoms with Crippen LogP contribution in [0.5, 0.6) is 0 Å². The van der Waals surface area contributed by atoms with E-state index >= 15 is 0 Å². The Morgan fingerprint density at radius 3 is 2.94 bits per heavy atom. The Hall–Kier alpha value is -1.69. The van der Waals surface area contributed by atoms with Crippen LogP contribution in [0.25, 0.3) is 0 Å². The molecule has 0 aromatic carbocycles. The largest absolute Gasteiger partial charge is 0.368 e. The number of likely N-dealkylation sites (N-methyl/N-ethyl adjacent to an activating group) is 1. The summed E-state index contributed by atoms with van der Waals surface area (Å²) in [5, 5.41) is 13.9. The molecule has 98 valence electrons. The molecule has 1 aromatic rings. The number of hydrogen-bond acceptors (Lipinski definition) is 5. The van der Waals surface area contributed by atoms with E-state index < -0.39 is 4.92 Å². The molecule has 2 heterocycles. The van der Waals surface area contributed by atoms with Crippen molar-refractivity contribution in [1.29, 1.82) is 0 Å². The zero-order valence-electron chi connectivity index (χ0n) is 10.7. The van der Waals surface area contributed by atoms with Gasteiger partial charge in [-0.25, -0.2) is 4.98 Å². The van der Waals surface area contributed by atoms with E-state index in [1.54, 1.807) is 13.0 Å². The van der Waals surface area contributed by atoms with Crippen LogP contribution in [0.4, 0.5) is 11.5 Å². The predicted molar refractivity (Wildman–Crippen MR) is 69.8 cm³/mol. The van der Waals surface area contributed by atoms with Crippen molar-refractivity contribution in [3.63, 3.8) is 0 Å². The van der Waals surface area contributed by atoms with E-state index in [1.807, 2.05) is 0 Å². The number of aryl methyl sites for hydroxylation is 1. The minimum atomic E-state index is -0.406. The van der Waals surface area contributed by atoms with Crippen molar-refractivity contribution in [1.82, 2.24) is 9.88 Å². The highest BCUT2D eigenvalue weighted by atomic mass is 16.6. The summed E-state index contributed by atoms with van der Waals surface area (Å²) in [6.07, 6.45) is 2.42. The molecule has 0 radical (unpaired) electrons. The Morgan fingerprint density at radius 1 is 1.61 bits per heavy atom. The summed E-state index contributed by atoms with van der Waals surface area (Å²) >= 11 is 0. The fourth-order valence-electron chi connectivity index (χ4n) is 2.30. The summed E-state index contributed by atoms with van der Waals surface area (Å²) in [6.45, 7) is 3.63. The molecule has 6 nitrogen and oxygen atoms in total. The Balaban J connectivity index is 1.98. The van der Waals surface area contributed by atoms with Gasteiger partial charge in [0.05, 0.1) is 4.92 Å². The average molecular weight is 250 g/mol. The number of rotatable bonds is 4. The van der Waals surface area contributed by atoms with Crippen LogP contribution >= 0.6 is 0 Å². The summed E-state index contributed by atoms with van der Waals surface area (Å²) in [7, 11) is 2.12. The van der Waals surface area contributed by atoms with Crippen LogP contribution in [-0.4, -0.2) is 41.0 Å². The van der Waals surface area contributed by atoms with E-state index in [0.717, 1.165) is 13.1 Å². The monoisotopic (exact) mass is 250 g/mol. The van der Waals surface area contributed by atoms with E-state index in [9.17, 15) is 10.1 Å². The van der Waals surface area contributed by atoms with Crippen molar-refractivity contribution in [3.8, 4) is 0 Å². The van der Waals surface area contributed by atoms with Crippen molar-refractivity contribution in [2.45, 2.75) is 25.8 Å². The van der Waals surface area contributed by atoms with Crippen LogP contribution in [0.15, 0.2) is 12.1 Å². The summed E-state index contributed by atoms with van der Waals surface area (Å²) in [6, 6.07) is 3.70. The zero-order valence-corrected chi connectivity index (χ0v) is 10.7. The molecule has 6 heteroatoms. The van der Waals surface area contributed by atoms with Crippen LogP contribution in [-0.2, 0) is 0 Å². The molecule has 1 N–H and O–H groups in total. The van der Waals surface area contributed by atoms with Crippen molar-refractivity contribution in [3.05, 3.63) is 27.9 Å². The minimum Gasteiger partial charge on any atom is -0.368 e. The molecule has 2 rings (SSSR count). The number of hydrogen-bond donors (Lipinski definition) is 1. The molecule has 0 aliphatic carbocycles. The smallest absolute Gasteiger partial charge is 0.290 e. The van der Waals surface area contributed by atoms with Crippen LogP contribution in [0.1, 0.15) is 18.5 Å². The van der Waals surface area contributed by atoms with Gasteiger partial charge in [0.1, 0.15) is 11.5 Å². The molecule has 1 atom stereocenters. The number of aromatic nitrogens is 1. The second-order valence-electron chi connectivity index (χ2n) is 4.72. The maximum Gasteiger partial charge on any atom is 0.290 e. The van der Waals surface area contributed by atoms with Crippen LogP contribution in [0.2, 0.25) is 0 Å². The highest BCUT2D eigenvalue weighted by molar-refractivity contribution is 5.44. The first-order chi connectivity index (χ1) is 8.58. The minimum absolute atomic E-state index is 0.0681. The second kappa shape index (κ2) is 5.30. The lowest BCUT2D eigenvalue weighted by Crippen LogP contribution is -2.31. The zero-order chi connectivity index (χ0) is 13.1. The normalized spacial score (nSPS) is 20.0. The Labute approximate surface area is 106 Å². The number of nitrogens with one attached hydrogen (secondary N) is 1. The molecule has 1 aliphatic rings. The Morgan fingerprint density at radius 2 is 2.39 bits per heavy atom. The van der Waals surface area contributed by atoms with E-state index in [4.69, 9.17) is 0 Å². The van der Waals surface area contributed by atoms with Crippen LogP contribution < -0.4 is 5.32 Å². The quantitative estimate of drug-likeness (QED) is 0.651. The molecule has 0 bridgehead atoms. The topological polar surface area (TPSA) is 71.3 Å². The molecule has 0 saturated carbocycles. The SMILES string of the molecule is Cc1nc(NCC2CCCN2C)ccc1[N+](=O)[O-]. The molecule has 1 saturated heterocycles.